The van der Waals surface area contributed by atoms with E-state index in [1.54, 1.807) is 11.0 Å². The molecule has 1 aromatic carbocycles. The highest BCUT2D eigenvalue weighted by molar-refractivity contribution is 6.12. The van der Waals surface area contributed by atoms with Gasteiger partial charge in [-0.3, -0.25) is 9.59 Å². The van der Waals surface area contributed by atoms with E-state index >= 15 is 0 Å². The Labute approximate surface area is 111 Å². The predicted molar refractivity (Wildman–Crippen MR) is 70.5 cm³/mol. The van der Waals surface area contributed by atoms with Gasteiger partial charge in [-0.05, 0) is 6.07 Å². The van der Waals surface area contributed by atoms with Gasteiger partial charge in [-0.2, -0.15) is 0 Å². The number of hydrogen-bond donors (Lipinski definition) is 0. The summed E-state index contributed by atoms with van der Waals surface area (Å²) in [5, 5.41) is 0. The summed E-state index contributed by atoms with van der Waals surface area (Å²) >= 11 is 0. The monoisotopic (exact) mass is 255 g/mol. The van der Waals surface area contributed by atoms with E-state index in [0.29, 0.717) is 6.54 Å². The van der Waals surface area contributed by atoms with Crippen LogP contribution >= 0.6 is 0 Å². The van der Waals surface area contributed by atoms with Crippen LogP contribution < -0.4 is 4.90 Å². The topological polar surface area (TPSA) is 46.6 Å². The van der Waals surface area contributed by atoms with Crippen molar-refractivity contribution in [3.8, 4) is 0 Å². The lowest BCUT2D eigenvalue weighted by molar-refractivity contribution is -0.135. The van der Waals surface area contributed by atoms with E-state index in [1.165, 1.54) is 0 Å². The van der Waals surface area contributed by atoms with Crippen LogP contribution in [0.25, 0.3) is 0 Å². The molecule has 1 fully saturated rings. The molecule has 1 spiro atoms. The number of benzene rings is 1. The molecule has 2 heterocycles. The highest BCUT2D eigenvalue weighted by atomic mass is 16.5. The summed E-state index contributed by atoms with van der Waals surface area (Å²) in [6, 6.07) is 7.36. The molecule has 2 aliphatic heterocycles. The highest BCUT2D eigenvalue weighted by Crippen LogP contribution is 2.49. The van der Waals surface area contributed by atoms with Crippen molar-refractivity contribution in [3.63, 3.8) is 0 Å². The van der Waals surface area contributed by atoms with Gasteiger partial charge in [0, 0.05) is 12.1 Å². The maximum absolute atomic E-state index is 12.6. The first-order chi connectivity index (χ1) is 9.10. The predicted octanol–water partition coefficient (Wildman–Crippen LogP) is 1.92. The molecule has 0 aliphatic carbocycles. The molecule has 0 aromatic heterocycles. The number of fused-ring (bicyclic) bond motifs is 2. The molecular formula is C15H13NO3. The third-order valence-corrected chi connectivity index (χ3v) is 3.55. The molecule has 0 bridgehead atoms. The minimum atomic E-state index is -1.21. The Morgan fingerprint density at radius 3 is 2.74 bits per heavy atom. The maximum atomic E-state index is 12.6. The van der Waals surface area contributed by atoms with Gasteiger partial charge in [-0.25, -0.2) is 0 Å². The summed E-state index contributed by atoms with van der Waals surface area (Å²) in [6.45, 7) is 7.62. The number of amides is 1. The van der Waals surface area contributed by atoms with Crippen LogP contribution in [0.4, 0.5) is 5.69 Å². The van der Waals surface area contributed by atoms with Crippen LogP contribution in [0.2, 0.25) is 0 Å². The van der Waals surface area contributed by atoms with Crippen molar-refractivity contribution in [1.29, 1.82) is 0 Å². The van der Waals surface area contributed by atoms with Crippen molar-refractivity contribution in [2.45, 2.75) is 12.0 Å². The van der Waals surface area contributed by atoms with Gasteiger partial charge in [-0.15, -0.1) is 6.58 Å². The van der Waals surface area contributed by atoms with Gasteiger partial charge in [0.05, 0.1) is 12.1 Å². The van der Waals surface area contributed by atoms with Crippen molar-refractivity contribution in [3.05, 3.63) is 54.8 Å². The van der Waals surface area contributed by atoms with Crippen LogP contribution in [0, 0.1) is 0 Å². The molecule has 1 aromatic rings. The zero-order valence-electron chi connectivity index (χ0n) is 10.4. The molecule has 1 amide bonds. The Morgan fingerprint density at radius 1 is 1.37 bits per heavy atom. The fourth-order valence-electron chi connectivity index (χ4n) is 2.70. The number of anilines is 1. The van der Waals surface area contributed by atoms with Gasteiger partial charge in [-0.1, -0.05) is 30.9 Å². The molecule has 0 radical (unpaired) electrons. The third kappa shape index (κ3) is 1.40. The van der Waals surface area contributed by atoms with Crippen LogP contribution in [0.1, 0.15) is 12.0 Å². The van der Waals surface area contributed by atoms with E-state index in [0.717, 1.165) is 11.3 Å². The second-order valence-corrected chi connectivity index (χ2v) is 4.67. The standard InChI is InChI=1S/C15H13NO3/c1-3-8-16-12-7-5-4-6-11(12)15(14(16)18)9-13(17)10(2)19-15/h3-7H,1-2,8-9H2. The van der Waals surface area contributed by atoms with Crippen LogP contribution in [0.3, 0.4) is 0 Å². The Hall–Kier alpha value is -2.36. The highest BCUT2D eigenvalue weighted by Gasteiger charge is 2.58. The minimum absolute atomic E-state index is 0.0231. The Morgan fingerprint density at radius 2 is 2.11 bits per heavy atom. The van der Waals surface area contributed by atoms with Crippen LogP contribution in [-0.2, 0) is 19.9 Å². The first kappa shape index (κ1) is 11.7. The summed E-state index contributed by atoms with van der Waals surface area (Å²) in [6.07, 6.45) is 1.68. The molecule has 19 heavy (non-hydrogen) atoms. The number of carbonyl (C=O) groups is 2. The average Bonchev–Trinajstić information content (AvgIpc) is 2.82. The SMILES string of the molecule is C=CCN1C(=O)C2(CC(=O)C(=C)O2)c2ccccc21. The number of carbonyl (C=O) groups excluding carboxylic acids is 2. The van der Waals surface area contributed by atoms with E-state index < -0.39 is 5.60 Å². The lowest BCUT2D eigenvalue weighted by Crippen LogP contribution is -2.40. The van der Waals surface area contributed by atoms with E-state index in [1.807, 2.05) is 24.3 Å². The lowest BCUT2D eigenvalue weighted by atomic mass is 9.92. The second-order valence-electron chi connectivity index (χ2n) is 4.67. The molecule has 4 nitrogen and oxygen atoms in total. The van der Waals surface area contributed by atoms with E-state index in [4.69, 9.17) is 4.74 Å². The average molecular weight is 255 g/mol. The number of ether oxygens (including phenoxy) is 1. The van der Waals surface area contributed by atoms with Gasteiger partial charge in [0.15, 0.2) is 5.76 Å². The minimum Gasteiger partial charge on any atom is -0.469 e. The van der Waals surface area contributed by atoms with Gasteiger partial charge in [0.25, 0.3) is 5.91 Å². The van der Waals surface area contributed by atoms with Gasteiger partial charge < -0.3 is 9.64 Å². The summed E-state index contributed by atoms with van der Waals surface area (Å²) in [5.74, 6) is -0.382. The summed E-state index contributed by atoms with van der Waals surface area (Å²) in [7, 11) is 0. The number of allylic oxidation sites excluding steroid dienone is 1. The molecule has 2 aliphatic rings. The summed E-state index contributed by atoms with van der Waals surface area (Å²) in [5.41, 5.74) is 0.289. The molecule has 0 saturated carbocycles. The molecule has 1 saturated heterocycles. The Bertz CT molecular complexity index is 602. The summed E-state index contributed by atoms with van der Waals surface area (Å²) in [4.78, 5) is 26.0. The molecule has 1 unspecified atom stereocenters. The smallest absolute Gasteiger partial charge is 0.276 e. The lowest BCUT2D eigenvalue weighted by Gasteiger charge is -2.21. The number of rotatable bonds is 2. The zero-order valence-corrected chi connectivity index (χ0v) is 10.4. The van der Waals surface area contributed by atoms with E-state index in [2.05, 4.69) is 13.2 Å². The van der Waals surface area contributed by atoms with Crippen molar-refractivity contribution < 1.29 is 14.3 Å². The molecular weight excluding hydrogens is 242 g/mol. The Kier molecular flexibility index (Phi) is 2.35. The van der Waals surface area contributed by atoms with E-state index in [9.17, 15) is 9.59 Å². The van der Waals surface area contributed by atoms with Crippen LogP contribution in [-0.4, -0.2) is 18.2 Å². The second kappa shape index (κ2) is 3.82. The first-order valence-electron chi connectivity index (χ1n) is 6.03. The van der Waals surface area contributed by atoms with Gasteiger partial charge in [0.1, 0.15) is 0 Å². The molecule has 1 atom stereocenters. The maximum Gasteiger partial charge on any atom is 0.276 e. The number of para-hydroxylation sites is 1. The van der Waals surface area contributed by atoms with Crippen molar-refractivity contribution >= 4 is 17.4 Å². The molecule has 96 valence electrons. The molecule has 3 rings (SSSR count). The van der Waals surface area contributed by atoms with Crippen molar-refractivity contribution in [2.24, 2.45) is 0 Å². The molecule has 4 heteroatoms. The van der Waals surface area contributed by atoms with Crippen molar-refractivity contribution in [2.75, 3.05) is 11.4 Å². The van der Waals surface area contributed by atoms with Crippen LogP contribution in [0.15, 0.2) is 49.3 Å². The quantitative estimate of drug-likeness (QED) is 0.599. The fourth-order valence-corrected chi connectivity index (χ4v) is 2.70. The Balaban J connectivity index is 2.18. The fraction of sp³-hybridized carbons (Fsp3) is 0.200. The van der Waals surface area contributed by atoms with E-state index in [-0.39, 0.29) is 23.9 Å². The molecule has 0 N–H and O–H groups in total. The zero-order chi connectivity index (χ0) is 13.6. The summed E-state index contributed by atoms with van der Waals surface area (Å²) < 4.78 is 5.57. The number of ketones is 1. The number of Topliss-reactive ketones (excluding diaryl/α,β-unsaturated/α-hetero) is 1. The van der Waals surface area contributed by atoms with Crippen molar-refractivity contribution in [1.82, 2.24) is 0 Å². The third-order valence-electron chi connectivity index (χ3n) is 3.55. The normalized spacial score (nSPS) is 24.8. The van der Waals surface area contributed by atoms with Gasteiger partial charge >= 0.3 is 0 Å². The van der Waals surface area contributed by atoms with Crippen LogP contribution in [0.5, 0.6) is 0 Å². The number of hydrogen-bond acceptors (Lipinski definition) is 3. The van der Waals surface area contributed by atoms with Gasteiger partial charge in [0.2, 0.25) is 11.4 Å². The largest absolute Gasteiger partial charge is 0.469 e. The number of nitrogens with zero attached hydrogens (tertiary/aromatic N) is 1. The first-order valence-corrected chi connectivity index (χ1v) is 6.03.